The summed E-state index contributed by atoms with van der Waals surface area (Å²) in [6.07, 6.45) is 5.08. The van der Waals surface area contributed by atoms with Crippen LogP contribution in [0.2, 0.25) is 0 Å². The average molecular weight is 376 g/mol. The molecule has 0 fully saturated rings. The molecule has 3 aromatic rings. The van der Waals surface area contributed by atoms with Crippen LogP contribution in [0.25, 0.3) is 11.3 Å². The summed E-state index contributed by atoms with van der Waals surface area (Å²) in [5.41, 5.74) is 4.39. The third-order valence-electron chi connectivity index (χ3n) is 4.53. The molecular formula is C24H24O4. The van der Waals surface area contributed by atoms with Gasteiger partial charge in [-0.3, -0.25) is 4.79 Å². The van der Waals surface area contributed by atoms with Gasteiger partial charge in [-0.2, -0.15) is 0 Å². The number of furan rings is 1. The van der Waals surface area contributed by atoms with E-state index in [1.807, 2.05) is 43.3 Å². The molecule has 1 aromatic heterocycles. The fraction of sp³-hybridized carbons (Fsp3) is 0.208. The summed E-state index contributed by atoms with van der Waals surface area (Å²) in [5.74, 6) is 0.928. The van der Waals surface area contributed by atoms with E-state index >= 15 is 0 Å². The van der Waals surface area contributed by atoms with Crippen LogP contribution in [-0.2, 0) is 11.2 Å². The average Bonchev–Trinajstić information content (AvgIpc) is 3.23. The molecule has 4 heteroatoms. The molecule has 0 radical (unpaired) electrons. The van der Waals surface area contributed by atoms with Gasteiger partial charge in [-0.05, 0) is 48.7 Å². The summed E-state index contributed by atoms with van der Waals surface area (Å²) in [6.45, 7) is 2.36. The van der Waals surface area contributed by atoms with Crippen LogP contribution in [0, 0.1) is 0 Å². The number of aliphatic carboxylic acids is 1. The Morgan fingerprint density at radius 1 is 1.04 bits per heavy atom. The van der Waals surface area contributed by atoms with Crippen molar-refractivity contribution in [3.63, 3.8) is 0 Å². The molecule has 144 valence electrons. The van der Waals surface area contributed by atoms with E-state index in [4.69, 9.17) is 14.3 Å². The number of ether oxygens (including phenoxy) is 1. The van der Waals surface area contributed by atoms with Gasteiger partial charge < -0.3 is 14.3 Å². The number of para-hydroxylation sites is 1. The standard InChI is InChI=1S/C24H24O4/c1-18(8-13-24(25)26)14-16-28-23-6-3-2-5-21(23)17-19-9-11-20(12-10-19)22-7-4-15-27-22/h2-7,9-12,14-15H,8,13,16-17H2,1H3,(H,25,26)/b18-14+. The lowest BCUT2D eigenvalue weighted by Gasteiger charge is -2.11. The van der Waals surface area contributed by atoms with Crippen LogP contribution in [0.15, 0.2) is 83.0 Å². The largest absolute Gasteiger partial charge is 0.489 e. The van der Waals surface area contributed by atoms with E-state index in [1.54, 1.807) is 6.26 Å². The molecule has 0 aliphatic carbocycles. The number of carbonyl (C=O) groups is 1. The molecule has 1 N–H and O–H groups in total. The molecular weight excluding hydrogens is 352 g/mol. The zero-order valence-corrected chi connectivity index (χ0v) is 15.9. The molecule has 1 heterocycles. The van der Waals surface area contributed by atoms with Crippen molar-refractivity contribution in [2.24, 2.45) is 0 Å². The Labute approximate surface area is 165 Å². The van der Waals surface area contributed by atoms with Crippen molar-refractivity contribution >= 4 is 5.97 Å². The van der Waals surface area contributed by atoms with Crippen LogP contribution >= 0.6 is 0 Å². The van der Waals surface area contributed by atoms with Crippen molar-refractivity contribution < 1.29 is 19.1 Å². The van der Waals surface area contributed by atoms with Crippen LogP contribution in [0.1, 0.15) is 30.9 Å². The SMILES string of the molecule is C/C(=C\COc1ccccc1Cc1ccc(-c2ccco2)cc1)CCC(=O)O. The first-order chi connectivity index (χ1) is 13.6. The molecule has 0 unspecified atom stereocenters. The minimum Gasteiger partial charge on any atom is -0.489 e. The summed E-state index contributed by atoms with van der Waals surface area (Å²) >= 11 is 0. The molecule has 0 saturated heterocycles. The van der Waals surface area contributed by atoms with Gasteiger partial charge in [0.15, 0.2) is 0 Å². The van der Waals surface area contributed by atoms with Gasteiger partial charge in [0.05, 0.1) is 6.26 Å². The molecule has 4 nitrogen and oxygen atoms in total. The zero-order valence-electron chi connectivity index (χ0n) is 15.9. The van der Waals surface area contributed by atoms with Crippen LogP contribution in [0.5, 0.6) is 5.75 Å². The van der Waals surface area contributed by atoms with Crippen molar-refractivity contribution in [1.29, 1.82) is 0 Å². The van der Waals surface area contributed by atoms with E-state index in [0.29, 0.717) is 13.0 Å². The maximum absolute atomic E-state index is 10.6. The molecule has 0 spiro atoms. The summed E-state index contributed by atoms with van der Waals surface area (Å²) in [6, 6.07) is 20.2. The predicted molar refractivity (Wildman–Crippen MR) is 110 cm³/mol. The summed E-state index contributed by atoms with van der Waals surface area (Å²) < 4.78 is 11.4. The number of hydrogen-bond acceptors (Lipinski definition) is 3. The van der Waals surface area contributed by atoms with Gasteiger partial charge in [0, 0.05) is 18.4 Å². The van der Waals surface area contributed by atoms with Crippen molar-refractivity contribution in [2.45, 2.75) is 26.2 Å². The van der Waals surface area contributed by atoms with E-state index in [2.05, 4.69) is 30.3 Å². The second-order valence-corrected chi connectivity index (χ2v) is 6.71. The second kappa shape index (κ2) is 9.60. The first-order valence-corrected chi connectivity index (χ1v) is 9.33. The maximum atomic E-state index is 10.6. The van der Waals surface area contributed by atoms with Gasteiger partial charge in [-0.1, -0.05) is 48.0 Å². The van der Waals surface area contributed by atoms with Crippen LogP contribution in [0.3, 0.4) is 0 Å². The fourth-order valence-corrected chi connectivity index (χ4v) is 2.92. The van der Waals surface area contributed by atoms with Gasteiger partial charge in [0.2, 0.25) is 0 Å². The quantitative estimate of drug-likeness (QED) is 0.485. The summed E-state index contributed by atoms with van der Waals surface area (Å²) in [7, 11) is 0. The van der Waals surface area contributed by atoms with Crippen LogP contribution in [-0.4, -0.2) is 17.7 Å². The highest BCUT2D eigenvalue weighted by Crippen LogP contribution is 2.24. The van der Waals surface area contributed by atoms with Crippen LogP contribution < -0.4 is 4.74 Å². The molecule has 28 heavy (non-hydrogen) atoms. The Hall–Kier alpha value is -3.27. The van der Waals surface area contributed by atoms with Crippen molar-refractivity contribution in [3.8, 4) is 17.1 Å². The lowest BCUT2D eigenvalue weighted by molar-refractivity contribution is -0.136. The molecule has 0 bridgehead atoms. The third kappa shape index (κ3) is 5.61. The van der Waals surface area contributed by atoms with E-state index in [1.165, 1.54) is 5.56 Å². The number of carboxylic acid groups (broad SMARTS) is 1. The van der Waals surface area contributed by atoms with Gasteiger partial charge in [0.25, 0.3) is 0 Å². The highest BCUT2D eigenvalue weighted by atomic mass is 16.5. The highest BCUT2D eigenvalue weighted by Gasteiger charge is 2.06. The number of hydrogen-bond donors (Lipinski definition) is 1. The summed E-state index contributed by atoms with van der Waals surface area (Å²) in [4.78, 5) is 10.6. The number of rotatable bonds is 9. The lowest BCUT2D eigenvalue weighted by atomic mass is 10.0. The molecule has 3 rings (SSSR count). The zero-order chi connectivity index (χ0) is 19.8. The van der Waals surface area contributed by atoms with Crippen LogP contribution in [0.4, 0.5) is 0 Å². The normalized spacial score (nSPS) is 11.4. The molecule has 0 saturated carbocycles. The van der Waals surface area contributed by atoms with Gasteiger partial charge >= 0.3 is 5.97 Å². The van der Waals surface area contributed by atoms with Gasteiger partial charge in [0.1, 0.15) is 18.1 Å². The minimum atomic E-state index is -0.780. The van der Waals surface area contributed by atoms with Crippen molar-refractivity contribution in [2.75, 3.05) is 6.61 Å². The van der Waals surface area contributed by atoms with E-state index in [0.717, 1.165) is 34.6 Å². The Balaban J connectivity index is 1.62. The van der Waals surface area contributed by atoms with E-state index < -0.39 is 5.97 Å². The first kappa shape index (κ1) is 19.5. The summed E-state index contributed by atoms with van der Waals surface area (Å²) in [5, 5.41) is 8.75. The van der Waals surface area contributed by atoms with Gasteiger partial charge in [-0.15, -0.1) is 0 Å². The Morgan fingerprint density at radius 3 is 2.54 bits per heavy atom. The predicted octanol–water partition coefficient (Wildman–Crippen LogP) is 5.73. The third-order valence-corrected chi connectivity index (χ3v) is 4.53. The van der Waals surface area contributed by atoms with E-state index in [-0.39, 0.29) is 6.42 Å². The maximum Gasteiger partial charge on any atom is 0.303 e. The minimum absolute atomic E-state index is 0.146. The monoisotopic (exact) mass is 376 g/mol. The smallest absolute Gasteiger partial charge is 0.303 e. The van der Waals surface area contributed by atoms with Crippen molar-refractivity contribution in [1.82, 2.24) is 0 Å². The number of allylic oxidation sites excluding steroid dienone is 1. The Kier molecular flexibility index (Phi) is 6.68. The first-order valence-electron chi connectivity index (χ1n) is 9.33. The molecule has 0 aliphatic rings. The number of benzene rings is 2. The fourth-order valence-electron chi connectivity index (χ4n) is 2.92. The Morgan fingerprint density at radius 2 is 1.82 bits per heavy atom. The second-order valence-electron chi connectivity index (χ2n) is 6.71. The van der Waals surface area contributed by atoms with Gasteiger partial charge in [-0.25, -0.2) is 0 Å². The topological polar surface area (TPSA) is 59.7 Å². The van der Waals surface area contributed by atoms with Crippen molar-refractivity contribution in [3.05, 3.63) is 89.7 Å². The van der Waals surface area contributed by atoms with E-state index in [9.17, 15) is 4.79 Å². The molecule has 0 aliphatic heterocycles. The molecule has 0 atom stereocenters. The number of carboxylic acids is 1. The highest BCUT2D eigenvalue weighted by molar-refractivity contribution is 5.67. The lowest BCUT2D eigenvalue weighted by Crippen LogP contribution is -2.00. The molecule has 0 amide bonds. The molecule has 2 aromatic carbocycles. The Bertz CT molecular complexity index is 922.